The van der Waals surface area contributed by atoms with Crippen molar-refractivity contribution >= 4 is 29.4 Å². The van der Waals surface area contributed by atoms with Gasteiger partial charge in [0.15, 0.2) is 5.78 Å². The Hall–Kier alpha value is -1.86. The number of ketones is 1. The van der Waals surface area contributed by atoms with Crippen LogP contribution in [0.2, 0.25) is 0 Å². The van der Waals surface area contributed by atoms with Crippen LogP contribution in [0.3, 0.4) is 0 Å². The zero-order valence-corrected chi connectivity index (χ0v) is 20.5. The summed E-state index contributed by atoms with van der Waals surface area (Å²) in [6.07, 6.45) is 10.7. The summed E-state index contributed by atoms with van der Waals surface area (Å²) in [6, 6.07) is -0.691. The lowest BCUT2D eigenvalue weighted by Crippen LogP contribution is -2.45. The largest absolute Gasteiger partial charge is 0.481 e. The van der Waals surface area contributed by atoms with E-state index in [0.717, 1.165) is 31.4 Å². The Bertz CT molecular complexity index is 679. The lowest BCUT2D eigenvalue weighted by Gasteiger charge is -2.17. The number of hydrogen-bond acceptors (Lipinski definition) is 5. The number of carboxylic acid groups (broad SMARTS) is 1. The summed E-state index contributed by atoms with van der Waals surface area (Å²) in [4.78, 5) is 34.9. The zero-order chi connectivity index (χ0) is 23.8. The van der Waals surface area contributed by atoms with Crippen molar-refractivity contribution in [3.63, 3.8) is 0 Å². The third kappa shape index (κ3) is 15.6. The molecule has 7 heteroatoms. The van der Waals surface area contributed by atoms with Crippen molar-refractivity contribution in [1.82, 2.24) is 5.32 Å². The topological polar surface area (TPSA) is 109 Å². The van der Waals surface area contributed by atoms with Gasteiger partial charge in [-0.05, 0) is 53.4 Å². The maximum absolute atomic E-state index is 12.0. The Morgan fingerprint density at radius 2 is 1.58 bits per heavy atom. The summed E-state index contributed by atoms with van der Waals surface area (Å²) in [7, 11) is 0. The van der Waals surface area contributed by atoms with Gasteiger partial charge in [0.1, 0.15) is 0 Å². The fraction of sp³-hybridized carbons (Fsp3) is 0.625. The van der Waals surface area contributed by atoms with Gasteiger partial charge in [0.2, 0.25) is 5.91 Å². The number of nitrogens with two attached hydrogens (primary N) is 1. The normalized spacial score (nSPS) is 14.0. The Morgan fingerprint density at radius 3 is 2.13 bits per heavy atom. The molecule has 0 spiro atoms. The van der Waals surface area contributed by atoms with Crippen LogP contribution in [-0.4, -0.2) is 46.9 Å². The molecule has 0 saturated carbocycles. The molecule has 176 valence electrons. The molecule has 4 N–H and O–H groups in total. The summed E-state index contributed by atoms with van der Waals surface area (Å²) in [5.41, 5.74) is 9.51. The van der Waals surface area contributed by atoms with Crippen molar-refractivity contribution in [2.45, 2.75) is 72.8 Å². The van der Waals surface area contributed by atoms with E-state index in [2.05, 4.69) is 51.2 Å². The second-order valence-corrected chi connectivity index (χ2v) is 9.31. The number of carboxylic acids is 1. The summed E-state index contributed by atoms with van der Waals surface area (Å²) in [5.74, 6) is -1.37. The third-order valence-electron chi connectivity index (χ3n) is 4.80. The van der Waals surface area contributed by atoms with Gasteiger partial charge >= 0.3 is 5.97 Å². The third-order valence-corrected chi connectivity index (χ3v) is 5.77. The maximum Gasteiger partial charge on any atom is 0.306 e. The molecule has 0 aliphatic heterocycles. The predicted molar refractivity (Wildman–Crippen MR) is 130 cm³/mol. The first-order valence-corrected chi connectivity index (χ1v) is 12.0. The van der Waals surface area contributed by atoms with Crippen LogP contribution < -0.4 is 11.1 Å². The van der Waals surface area contributed by atoms with Gasteiger partial charge in [-0.15, -0.1) is 0 Å². The number of allylic oxidation sites excluding steroid dienone is 5. The molecule has 0 aromatic carbocycles. The van der Waals surface area contributed by atoms with Crippen molar-refractivity contribution in [3.8, 4) is 0 Å². The van der Waals surface area contributed by atoms with Crippen molar-refractivity contribution < 1.29 is 19.5 Å². The fourth-order valence-corrected chi connectivity index (χ4v) is 3.75. The van der Waals surface area contributed by atoms with Crippen molar-refractivity contribution in [3.05, 3.63) is 34.9 Å². The predicted octanol–water partition coefficient (Wildman–Crippen LogP) is 4.26. The van der Waals surface area contributed by atoms with Gasteiger partial charge in [0.25, 0.3) is 0 Å². The van der Waals surface area contributed by atoms with E-state index in [9.17, 15) is 14.4 Å². The Labute approximate surface area is 191 Å². The monoisotopic (exact) mass is 452 g/mol. The SMILES string of the molecule is CC(C)=CCC/C(C)=C/CC/C(C)=C/CSC[C@H](NC(=O)CC(C)C(=O)O)C(=O)CN. The van der Waals surface area contributed by atoms with E-state index in [1.807, 2.05) is 0 Å². The summed E-state index contributed by atoms with van der Waals surface area (Å²) < 4.78 is 0. The summed E-state index contributed by atoms with van der Waals surface area (Å²) in [5, 5.41) is 11.5. The lowest BCUT2D eigenvalue weighted by molar-refractivity contribution is -0.143. The van der Waals surface area contributed by atoms with Crippen LogP contribution in [-0.2, 0) is 14.4 Å². The molecule has 1 unspecified atom stereocenters. The molecule has 0 fully saturated rings. The second kappa shape index (κ2) is 16.8. The highest BCUT2D eigenvalue weighted by atomic mass is 32.2. The molecule has 0 aliphatic carbocycles. The van der Waals surface area contributed by atoms with E-state index in [0.29, 0.717) is 5.75 Å². The molecule has 0 aromatic rings. The molecule has 0 saturated heterocycles. The number of thioether (sulfide) groups is 1. The first-order valence-electron chi connectivity index (χ1n) is 10.8. The average molecular weight is 453 g/mol. The van der Waals surface area contributed by atoms with Crippen molar-refractivity contribution in [2.24, 2.45) is 11.7 Å². The van der Waals surface area contributed by atoms with Crippen LogP contribution in [0.25, 0.3) is 0 Å². The van der Waals surface area contributed by atoms with Crippen LogP contribution >= 0.6 is 11.8 Å². The van der Waals surface area contributed by atoms with E-state index in [1.165, 1.54) is 23.6 Å². The smallest absolute Gasteiger partial charge is 0.306 e. The lowest BCUT2D eigenvalue weighted by atomic mass is 10.1. The minimum atomic E-state index is -1.04. The van der Waals surface area contributed by atoms with Crippen molar-refractivity contribution in [1.29, 1.82) is 0 Å². The first kappa shape index (κ1) is 29.1. The van der Waals surface area contributed by atoms with Crippen molar-refractivity contribution in [2.75, 3.05) is 18.1 Å². The van der Waals surface area contributed by atoms with Gasteiger partial charge < -0.3 is 16.2 Å². The standard InChI is InChI=1S/C24H40N2O4S/c1-17(2)8-6-9-18(3)10-7-11-19(4)12-13-31-16-21(22(27)15-25)26-23(28)14-20(5)24(29)30/h8,10,12,20-21H,6-7,9,11,13-16,25H2,1-5H3,(H,26,28)(H,29,30)/b18-10+,19-12+/t20?,21-/m0/s1. The fourth-order valence-electron chi connectivity index (χ4n) is 2.70. The number of hydrogen-bond donors (Lipinski definition) is 3. The quantitative estimate of drug-likeness (QED) is 0.238. The van der Waals surface area contributed by atoms with Gasteiger partial charge in [0, 0.05) is 17.9 Å². The van der Waals surface area contributed by atoms with E-state index in [1.54, 1.807) is 11.8 Å². The number of carbonyl (C=O) groups excluding carboxylic acids is 2. The van der Waals surface area contributed by atoms with E-state index >= 15 is 0 Å². The van der Waals surface area contributed by atoms with Crippen LogP contribution in [0.1, 0.15) is 66.7 Å². The van der Waals surface area contributed by atoms with Crippen LogP contribution in [0.15, 0.2) is 34.9 Å². The highest BCUT2D eigenvalue weighted by molar-refractivity contribution is 7.99. The van der Waals surface area contributed by atoms with Crippen LogP contribution in [0.5, 0.6) is 0 Å². The number of rotatable bonds is 16. The highest BCUT2D eigenvalue weighted by Gasteiger charge is 2.22. The number of Topliss-reactive ketones (excluding diaryl/α,β-unsaturated/α-hetero) is 1. The molecule has 6 nitrogen and oxygen atoms in total. The molecular formula is C24H40N2O4S. The molecule has 0 heterocycles. The number of amides is 1. The Kier molecular flexibility index (Phi) is 15.8. The number of nitrogens with one attached hydrogen (secondary N) is 1. The van der Waals surface area contributed by atoms with Crippen LogP contribution in [0, 0.1) is 5.92 Å². The maximum atomic E-state index is 12.0. The molecule has 0 bridgehead atoms. The van der Waals surface area contributed by atoms with Gasteiger partial charge in [-0.3, -0.25) is 14.4 Å². The second-order valence-electron chi connectivity index (χ2n) is 8.23. The number of aliphatic carboxylic acids is 1. The molecule has 0 aliphatic rings. The molecule has 2 atom stereocenters. The van der Waals surface area contributed by atoms with E-state index in [4.69, 9.17) is 10.8 Å². The average Bonchev–Trinajstić information content (AvgIpc) is 2.69. The van der Waals surface area contributed by atoms with Gasteiger partial charge in [0.05, 0.1) is 18.5 Å². The summed E-state index contributed by atoms with van der Waals surface area (Å²) >= 11 is 1.55. The molecule has 0 aromatic heterocycles. The van der Waals surface area contributed by atoms with Gasteiger partial charge in [-0.25, -0.2) is 0 Å². The molecule has 0 rings (SSSR count). The Balaban J connectivity index is 4.40. The van der Waals surface area contributed by atoms with Gasteiger partial charge in [-0.2, -0.15) is 11.8 Å². The zero-order valence-electron chi connectivity index (χ0n) is 19.7. The minimum absolute atomic E-state index is 0.158. The molecule has 1 amide bonds. The highest BCUT2D eigenvalue weighted by Crippen LogP contribution is 2.13. The Morgan fingerprint density at radius 1 is 1.00 bits per heavy atom. The summed E-state index contributed by atoms with van der Waals surface area (Å²) in [6.45, 7) is 9.82. The molecular weight excluding hydrogens is 412 g/mol. The first-order chi connectivity index (χ1) is 14.6. The molecule has 0 radical (unpaired) electrons. The van der Waals surface area contributed by atoms with E-state index < -0.39 is 23.8 Å². The number of carbonyl (C=O) groups is 3. The van der Waals surface area contributed by atoms with Gasteiger partial charge in [-0.1, -0.05) is 41.9 Å². The minimum Gasteiger partial charge on any atom is -0.481 e. The molecule has 31 heavy (non-hydrogen) atoms. The van der Waals surface area contributed by atoms with Crippen LogP contribution in [0.4, 0.5) is 0 Å². The van der Waals surface area contributed by atoms with E-state index in [-0.39, 0.29) is 18.7 Å².